The molecule has 0 aliphatic heterocycles. The number of ketones is 2. The number of rotatable bonds is 6. The molecule has 0 aromatic rings. The second kappa shape index (κ2) is 4.96. The highest BCUT2D eigenvalue weighted by atomic mass is 16.1. The minimum Gasteiger partial charge on any atom is -0.300 e. The Morgan fingerprint density at radius 3 is 1.60 bits per heavy atom. The molecular weight excluding hydrogens is 248 g/mol. The van der Waals surface area contributed by atoms with E-state index >= 15 is 0 Å². The van der Waals surface area contributed by atoms with E-state index in [4.69, 9.17) is 0 Å². The summed E-state index contributed by atoms with van der Waals surface area (Å²) in [7, 11) is 0. The van der Waals surface area contributed by atoms with Gasteiger partial charge in [0.15, 0.2) is 0 Å². The molecule has 0 N–H and O–H groups in total. The quantitative estimate of drug-likeness (QED) is 0.724. The zero-order chi connectivity index (χ0) is 14.4. The van der Waals surface area contributed by atoms with Crippen LogP contribution in [0.2, 0.25) is 0 Å². The highest BCUT2D eigenvalue weighted by molar-refractivity contribution is 5.79. The van der Waals surface area contributed by atoms with Crippen molar-refractivity contribution in [3.8, 4) is 0 Å². The van der Waals surface area contributed by atoms with Crippen LogP contribution in [0.4, 0.5) is 0 Å². The Morgan fingerprint density at radius 2 is 1.25 bits per heavy atom. The topological polar surface area (TPSA) is 34.1 Å². The zero-order valence-corrected chi connectivity index (χ0v) is 13.0. The van der Waals surface area contributed by atoms with E-state index in [1.54, 1.807) is 0 Å². The third-order valence-corrected chi connectivity index (χ3v) is 6.24. The monoisotopic (exact) mass is 276 g/mol. The van der Waals surface area contributed by atoms with Crippen molar-refractivity contribution < 1.29 is 9.59 Å². The molecule has 4 bridgehead atoms. The second-order valence-corrected chi connectivity index (χ2v) is 8.10. The van der Waals surface area contributed by atoms with Gasteiger partial charge in [0.05, 0.1) is 0 Å². The summed E-state index contributed by atoms with van der Waals surface area (Å²) in [5.74, 6) is 2.46. The average molecular weight is 276 g/mol. The molecule has 0 aromatic carbocycles. The van der Waals surface area contributed by atoms with E-state index in [1.165, 1.54) is 32.1 Å². The third kappa shape index (κ3) is 2.46. The van der Waals surface area contributed by atoms with E-state index in [-0.39, 0.29) is 10.8 Å². The van der Waals surface area contributed by atoms with Crippen LogP contribution in [0.1, 0.15) is 78.1 Å². The lowest BCUT2D eigenvalue weighted by Gasteiger charge is -2.62. The SMILES string of the molecule is CCC(=O)CC12CC3CC(C1)CC(CC(=O)CC)(C3)C2. The molecule has 0 radical (unpaired) electrons. The first kappa shape index (κ1) is 14.3. The van der Waals surface area contributed by atoms with Crippen LogP contribution < -0.4 is 0 Å². The van der Waals surface area contributed by atoms with E-state index in [0.29, 0.717) is 24.4 Å². The molecule has 0 saturated heterocycles. The summed E-state index contributed by atoms with van der Waals surface area (Å²) in [6.45, 7) is 3.97. The van der Waals surface area contributed by atoms with Crippen molar-refractivity contribution in [2.45, 2.75) is 78.1 Å². The molecule has 2 nitrogen and oxygen atoms in total. The fourth-order valence-electron chi connectivity index (χ4n) is 6.15. The summed E-state index contributed by atoms with van der Waals surface area (Å²) in [5, 5.41) is 0. The Bertz CT molecular complexity index is 373. The standard InChI is InChI=1S/C18H28O2/c1-3-15(19)10-17-6-13-5-14(7-17)9-18(8-13,12-17)11-16(20)4-2/h13-14H,3-12H2,1-2H3. The first-order valence-corrected chi connectivity index (χ1v) is 8.51. The van der Waals surface area contributed by atoms with E-state index in [1.807, 2.05) is 13.8 Å². The van der Waals surface area contributed by atoms with Gasteiger partial charge in [-0.05, 0) is 61.2 Å². The van der Waals surface area contributed by atoms with E-state index in [2.05, 4.69) is 0 Å². The van der Waals surface area contributed by atoms with Gasteiger partial charge in [-0.15, -0.1) is 0 Å². The number of hydrogen-bond donors (Lipinski definition) is 0. The van der Waals surface area contributed by atoms with Gasteiger partial charge in [-0.3, -0.25) is 9.59 Å². The Balaban J connectivity index is 1.81. The summed E-state index contributed by atoms with van der Waals surface area (Å²) < 4.78 is 0. The Morgan fingerprint density at radius 1 is 0.850 bits per heavy atom. The molecule has 4 aliphatic rings. The molecule has 4 saturated carbocycles. The van der Waals surface area contributed by atoms with Gasteiger partial charge in [-0.2, -0.15) is 0 Å². The van der Waals surface area contributed by atoms with Gasteiger partial charge in [-0.25, -0.2) is 0 Å². The molecule has 112 valence electrons. The third-order valence-electron chi connectivity index (χ3n) is 6.24. The molecule has 0 spiro atoms. The average Bonchev–Trinajstić information content (AvgIpc) is 2.35. The number of carbonyl (C=O) groups excluding carboxylic acids is 2. The van der Waals surface area contributed by atoms with Crippen LogP contribution in [-0.2, 0) is 9.59 Å². The molecule has 4 rings (SSSR count). The smallest absolute Gasteiger partial charge is 0.133 e. The highest BCUT2D eigenvalue weighted by Gasteiger charge is 2.57. The maximum atomic E-state index is 12.0. The maximum absolute atomic E-state index is 12.0. The molecule has 0 unspecified atom stereocenters. The van der Waals surface area contributed by atoms with Crippen molar-refractivity contribution in [1.29, 1.82) is 0 Å². The van der Waals surface area contributed by atoms with Crippen LogP contribution in [0.15, 0.2) is 0 Å². The summed E-state index contributed by atoms with van der Waals surface area (Å²) >= 11 is 0. The lowest BCUT2D eigenvalue weighted by molar-refractivity contribution is -0.144. The first-order valence-electron chi connectivity index (χ1n) is 8.51. The van der Waals surface area contributed by atoms with Crippen LogP contribution in [0.25, 0.3) is 0 Å². The van der Waals surface area contributed by atoms with Gasteiger partial charge >= 0.3 is 0 Å². The molecule has 4 fully saturated rings. The van der Waals surface area contributed by atoms with Gasteiger partial charge < -0.3 is 0 Å². The second-order valence-electron chi connectivity index (χ2n) is 8.10. The summed E-state index contributed by atoms with van der Waals surface area (Å²) in [6.07, 6.45) is 10.5. The van der Waals surface area contributed by atoms with Gasteiger partial charge in [-0.1, -0.05) is 13.8 Å². The van der Waals surface area contributed by atoms with E-state index in [0.717, 1.165) is 31.1 Å². The van der Waals surface area contributed by atoms with Crippen molar-refractivity contribution in [3.63, 3.8) is 0 Å². The van der Waals surface area contributed by atoms with Crippen molar-refractivity contribution in [2.75, 3.05) is 0 Å². The van der Waals surface area contributed by atoms with Gasteiger partial charge in [0.2, 0.25) is 0 Å². The summed E-state index contributed by atoms with van der Waals surface area (Å²) in [4.78, 5) is 24.0. The first-order chi connectivity index (χ1) is 9.48. The lowest BCUT2D eigenvalue weighted by Crippen LogP contribution is -2.53. The largest absolute Gasteiger partial charge is 0.300 e. The van der Waals surface area contributed by atoms with Crippen LogP contribution in [0.5, 0.6) is 0 Å². The molecule has 20 heavy (non-hydrogen) atoms. The van der Waals surface area contributed by atoms with Gasteiger partial charge in [0, 0.05) is 25.7 Å². The zero-order valence-electron chi connectivity index (χ0n) is 13.0. The van der Waals surface area contributed by atoms with Crippen LogP contribution >= 0.6 is 0 Å². The predicted octanol–water partition coefficient (Wildman–Crippen LogP) is 4.31. The molecule has 2 heteroatoms. The molecule has 0 atom stereocenters. The van der Waals surface area contributed by atoms with Crippen molar-refractivity contribution >= 4 is 11.6 Å². The molecule has 0 aromatic heterocycles. The van der Waals surface area contributed by atoms with Gasteiger partial charge in [0.1, 0.15) is 11.6 Å². The van der Waals surface area contributed by atoms with Crippen LogP contribution in [-0.4, -0.2) is 11.6 Å². The normalized spacial score (nSPS) is 41.9. The Kier molecular flexibility index (Phi) is 3.54. The van der Waals surface area contributed by atoms with Crippen molar-refractivity contribution in [3.05, 3.63) is 0 Å². The van der Waals surface area contributed by atoms with Crippen molar-refractivity contribution in [1.82, 2.24) is 0 Å². The molecule has 0 heterocycles. The van der Waals surface area contributed by atoms with E-state index < -0.39 is 0 Å². The molecule has 0 amide bonds. The number of hydrogen-bond acceptors (Lipinski definition) is 2. The number of carbonyl (C=O) groups is 2. The Labute approximate surface area is 122 Å². The fourth-order valence-corrected chi connectivity index (χ4v) is 6.15. The minimum absolute atomic E-state index is 0.269. The maximum Gasteiger partial charge on any atom is 0.133 e. The molecular formula is C18H28O2. The van der Waals surface area contributed by atoms with Gasteiger partial charge in [0.25, 0.3) is 0 Å². The number of Topliss-reactive ketones (excluding diaryl/α,β-unsaturated/α-hetero) is 2. The van der Waals surface area contributed by atoms with E-state index in [9.17, 15) is 9.59 Å². The van der Waals surface area contributed by atoms with Crippen LogP contribution in [0, 0.1) is 22.7 Å². The predicted molar refractivity (Wildman–Crippen MR) is 79.4 cm³/mol. The Hall–Kier alpha value is -0.660. The van der Waals surface area contributed by atoms with Crippen LogP contribution in [0.3, 0.4) is 0 Å². The fraction of sp³-hybridized carbons (Fsp3) is 0.889. The highest BCUT2D eigenvalue weighted by Crippen LogP contribution is 2.67. The van der Waals surface area contributed by atoms with Crippen molar-refractivity contribution in [2.24, 2.45) is 22.7 Å². The molecule has 4 aliphatic carbocycles. The summed E-state index contributed by atoms with van der Waals surface area (Å²) in [5.41, 5.74) is 0.538. The summed E-state index contributed by atoms with van der Waals surface area (Å²) in [6, 6.07) is 0. The minimum atomic E-state index is 0.269. The lowest BCUT2D eigenvalue weighted by atomic mass is 9.42.